The molecule has 1 amide bonds. The number of hydrogen-bond donors (Lipinski definition) is 2. The van der Waals surface area contributed by atoms with Crippen molar-refractivity contribution in [3.63, 3.8) is 0 Å². The Hall–Kier alpha value is -2.82. The molecule has 0 aliphatic heterocycles. The van der Waals surface area contributed by atoms with Crippen LogP contribution < -0.4 is 15.4 Å². The second kappa shape index (κ2) is 9.59. The van der Waals surface area contributed by atoms with Gasteiger partial charge < -0.3 is 10.1 Å². The topological polar surface area (TPSA) is 50.4 Å². The summed E-state index contributed by atoms with van der Waals surface area (Å²) in [5.41, 5.74) is 3.49. The van der Waals surface area contributed by atoms with Gasteiger partial charge in [0, 0.05) is 11.1 Å². The van der Waals surface area contributed by atoms with E-state index in [-0.39, 0.29) is 11.9 Å². The van der Waals surface area contributed by atoms with E-state index in [1.165, 1.54) is 0 Å². The standard InChI is InChI=1S/C24H25ClN2O2/c1-16-13-14-22(29-3)21(15-16)27-24(28)23(18-9-5-4-6-10-18)26-17(2)19-11-7-8-12-20(19)25/h4-15,17,23,26H,1-3H3,(H,27,28). The number of carbonyl (C=O) groups is 1. The number of methoxy groups -OCH3 is 1. The summed E-state index contributed by atoms with van der Waals surface area (Å²) in [7, 11) is 1.59. The Morgan fingerprint density at radius 2 is 1.69 bits per heavy atom. The lowest BCUT2D eigenvalue weighted by Crippen LogP contribution is -2.34. The van der Waals surface area contributed by atoms with E-state index >= 15 is 0 Å². The van der Waals surface area contributed by atoms with Crippen LogP contribution in [-0.2, 0) is 4.79 Å². The SMILES string of the molecule is COc1ccc(C)cc1NC(=O)C(NC(C)c1ccccc1Cl)c1ccccc1. The first-order chi connectivity index (χ1) is 14.0. The largest absolute Gasteiger partial charge is 0.495 e. The molecule has 0 aliphatic carbocycles. The number of ether oxygens (including phenoxy) is 1. The molecule has 150 valence electrons. The van der Waals surface area contributed by atoms with Crippen molar-refractivity contribution in [3.05, 3.63) is 94.5 Å². The maximum atomic E-state index is 13.3. The monoisotopic (exact) mass is 408 g/mol. The van der Waals surface area contributed by atoms with Crippen molar-refractivity contribution in [2.24, 2.45) is 0 Å². The molecule has 0 saturated carbocycles. The highest BCUT2D eigenvalue weighted by Crippen LogP contribution is 2.29. The average molecular weight is 409 g/mol. The number of hydrogen-bond acceptors (Lipinski definition) is 3. The van der Waals surface area contributed by atoms with Crippen LogP contribution in [0.25, 0.3) is 0 Å². The molecule has 0 fully saturated rings. The van der Waals surface area contributed by atoms with E-state index in [2.05, 4.69) is 10.6 Å². The fraction of sp³-hybridized carbons (Fsp3) is 0.208. The van der Waals surface area contributed by atoms with Gasteiger partial charge in [-0.3, -0.25) is 10.1 Å². The Kier molecular flexibility index (Phi) is 6.91. The van der Waals surface area contributed by atoms with Gasteiger partial charge in [0.15, 0.2) is 0 Å². The van der Waals surface area contributed by atoms with Crippen LogP contribution in [0.15, 0.2) is 72.8 Å². The predicted octanol–water partition coefficient (Wildman–Crippen LogP) is 5.69. The first-order valence-corrected chi connectivity index (χ1v) is 9.88. The lowest BCUT2D eigenvalue weighted by Gasteiger charge is -2.24. The summed E-state index contributed by atoms with van der Waals surface area (Å²) in [5.74, 6) is 0.453. The zero-order valence-corrected chi connectivity index (χ0v) is 17.5. The minimum Gasteiger partial charge on any atom is -0.495 e. The molecule has 3 aromatic rings. The molecule has 3 aromatic carbocycles. The van der Waals surface area contributed by atoms with Crippen molar-refractivity contribution < 1.29 is 9.53 Å². The Labute approximate surface area is 176 Å². The number of halogens is 1. The average Bonchev–Trinajstić information content (AvgIpc) is 2.73. The molecule has 29 heavy (non-hydrogen) atoms. The van der Waals surface area contributed by atoms with Gasteiger partial charge in [0.05, 0.1) is 12.8 Å². The van der Waals surface area contributed by atoms with Gasteiger partial charge in [0.2, 0.25) is 5.91 Å². The summed E-state index contributed by atoms with van der Waals surface area (Å²) in [5, 5.41) is 7.10. The number of anilines is 1. The van der Waals surface area contributed by atoms with Crippen molar-refractivity contribution in [2.45, 2.75) is 25.9 Å². The maximum absolute atomic E-state index is 13.3. The molecule has 5 heteroatoms. The number of carbonyl (C=O) groups excluding carboxylic acids is 1. The van der Waals surface area contributed by atoms with Crippen molar-refractivity contribution in [2.75, 3.05) is 12.4 Å². The number of benzene rings is 3. The summed E-state index contributed by atoms with van der Waals surface area (Å²) >= 11 is 6.36. The number of nitrogens with one attached hydrogen (secondary N) is 2. The lowest BCUT2D eigenvalue weighted by molar-refractivity contribution is -0.118. The van der Waals surface area contributed by atoms with Gasteiger partial charge in [-0.25, -0.2) is 0 Å². The molecule has 0 aliphatic rings. The predicted molar refractivity (Wildman–Crippen MR) is 119 cm³/mol. The zero-order valence-electron chi connectivity index (χ0n) is 16.8. The maximum Gasteiger partial charge on any atom is 0.246 e. The molecule has 0 radical (unpaired) electrons. The molecule has 3 rings (SSSR count). The summed E-state index contributed by atoms with van der Waals surface area (Å²) in [4.78, 5) is 13.3. The Bertz CT molecular complexity index is 976. The minimum absolute atomic E-state index is 0.126. The third-order valence-electron chi connectivity index (χ3n) is 4.80. The van der Waals surface area contributed by atoms with Crippen LogP contribution in [0.3, 0.4) is 0 Å². The zero-order chi connectivity index (χ0) is 20.8. The van der Waals surface area contributed by atoms with Crippen molar-refractivity contribution >= 4 is 23.2 Å². The molecule has 2 unspecified atom stereocenters. The fourth-order valence-corrected chi connectivity index (χ4v) is 3.56. The van der Waals surface area contributed by atoms with Crippen molar-refractivity contribution in [3.8, 4) is 5.75 Å². The van der Waals surface area contributed by atoms with Gasteiger partial charge in [-0.1, -0.05) is 66.2 Å². The number of aryl methyl sites for hydroxylation is 1. The molecular weight excluding hydrogens is 384 g/mol. The van der Waals surface area contributed by atoms with E-state index in [4.69, 9.17) is 16.3 Å². The molecule has 4 nitrogen and oxygen atoms in total. The van der Waals surface area contributed by atoms with Gasteiger partial charge in [-0.2, -0.15) is 0 Å². The fourth-order valence-electron chi connectivity index (χ4n) is 3.26. The highest BCUT2D eigenvalue weighted by molar-refractivity contribution is 6.31. The lowest BCUT2D eigenvalue weighted by atomic mass is 10.0. The Morgan fingerprint density at radius 3 is 2.38 bits per heavy atom. The molecule has 0 bridgehead atoms. The van der Waals surface area contributed by atoms with Gasteiger partial charge in [0.25, 0.3) is 0 Å². The second-order valence-corrected chi connectivity index (χ2v) is 7.35. The van der Waals surface area contributed by atoms with E-state index in [9.17, 15) is 4.79 Å². The molecule has 0 aromatic heterocycles. The molecule has 2 atom stereocenters. The van der Waals surface area contributed by atoms with Crippen LogP contribution in [0.4, 0.5) is 5.69 Å². The Morgan fingerprint density at radius 1 is 1.00 bits per heavy atom. The summed E-state index contributed by atoms with van der Waals surface area (Å²) < 4.78 is 5.40. The third-order valence-corrected chi connectivity index (χ3v) is 5.14. The second-order valence-electron chi connectivity index (χ2n) is 6.95. The highest BCUT2D eigenvalue weighted by atomic mass is 35.5. The summed E-state index contributed by atoms with van der Waals surface area (Å²) in [6.45, 7) is 3.97. The van der Waals surface area contributed by atoms with Gasteiger partial charge in [-0.15, -0.1) is 0 Å². The highest BCUT2D eigenvalue weighted by Gasteiger charge is 2.24. The number of rotatable bonds is 7. The van der Waals surface area contributed by atoms with Gasteiger partial charge in [0.1, 0.15) is 11.8 Å². The normalized spacial score (nSPS) is 12.8. The quantitative estimate of drug-likeness (QED) is 0.528. The summed E-state index contributed by atoms with van der Waals surface area (Å²) in [6, 6.07) is 22.3. The first kappa shape index (κ1) is 20.9. The van der Waals surface area contributed by atoms with Crippen LogP contribution in [-0.4, -0.2) is 13.0 Å². The van der Waals surface area contributed by atoms with E-state index < -0.39 is 6.04 Å². The van der Waals surface area contributed by atoms with Crippen molar-refractivity contribution in [1.82, 2.24) is 5.32 Å². The number of amides is 1. The van der Waals surface area contributed by atoms with E-state index in [0.717, 1.165) is 16.7 Å². The van der Waals surface area contributed by atoms with Gasteiger partial charge in [-0.05, 0) is 48.7 Å². The Balaban J connectivity index is 1.89. The van der Waals surface area contributed by atoms with Crippen LogP contribution in [0.1, 0.15) is 35.7 Å². The van der Waals surface area contributed by atoms with Crippen LogP contribution in [0.5, 0.6) is 5.75 Å². The smallest absolute Gasteiger partial charge is 0.246 e. The third kappa shape index (κ3) is 5.17. The molecule has 0 spiro atoms. The van der Waals surface area contributed by atoms with Crippen LogP contribution >= 0.6 is 11.6 Å². The first-order valence-electron chi connectivity index (χ1n) is 9.50. The molecule has 0 saturated heterocycles. The van der Waals surface area contributed by atoms with Crippen LogP contribution in [0, 0.1) is 6.92 Å². The van der Waals surface area contributed by atoms with Gasteiger partial charge >= 0.3 is 0 Å². The minimum atomic E-state index is -0.562. The van der Waals surface area contributed by atoms with E-state index in [0.29, 0.717) is 16.5 Å². The van der Waals surface area contributed by atoms with Crippen LogP contribution in [0.2, 0.25) is 5.02 Å². The summed E-state index contributed by atoms with van der Waals surface area (Å²) in [6.07, 6.45) is 0. The molecular formula is C24H25ClN2O2. The van der Waals surface area contributed by atoms with E-state index in [1.807, 2.05) is 86.6 Å². The van der Waals surface area contributed by atoms with Crippen molar-refractivity contribution in [1.29, 1.82) is 0 Å². The van der Waals surface area contributed by atoms with E-state index in [1.54, 1.807) is 7.11 Å². The molecule has 2 N–H and O–H groups in total. The molecule has 0 heterocycles.